The molecular weight excluding hydrogens is 346 g/mol. The molecule has 1 heterocycles. The molecule has 138 valence electrons. The number of methoxy groups -OCH3 is 1. The zero-order chi connectivity index (χ0) is 19.2. The van der Waals surface area contributed by atoms with Crippen LogP contribution in [0.15, 0.2) is 59.8 Å². The molecule has 3 aromatic rings. The van der Waals surface area contributed by atoms with Gasteiger partial charge in [0.25, 0.3) is 5.91 Å². The maximum absolute atomic E-state index is 12.2. The van der Waals surface area contributed by atoms with Crippen molar-refractivity contribution in [3.8, 4) is 17.2 Å². The highest BCUT2D eigenvalue weighted by Crippen LogP contribution is 2.24. The molecule has 0 saturated carbocycles. The second-order valence-electron chi connectivity index (χ2n) is 5.75. The number of hydrogen-bond donors (Lipinski definition) is 2. The lowest BCUT2D eigenvalue weighted by atomic mass is 10.2. The molecule has 2 N–H and O–H groups in total. The number of pyridine rings is 1. The van der Waals surface area contributed by atoms with E-state index in [1.807, 2.05) is 24.3 Å². The van der Waals surface area contributed by atoms with E-state index >= 15 is 0 Å². The topological polar surface area (TPSA) is 93.0 Å². The monoisotopic (exact) mass is 365 g/mol. The summed E-state index contributed by atoms with van der Waals surface area (Å²) in [4.78, 5) is 16.5. The van der Waals surface area contributed by atoms with E-state index in [1.165, 1.54) is 19.4 Å². The molecule has 27 heavy (non-hydrogen) atoms. The van der Waals surface area contributed by atoms with Crippen LogP contribution in [0.1, 0.15) is 12.5 Å². The summed E-state index contributed by atoms with van der Waals surface area (Å²) < 4.78 is 10.8. The Bertz CT molecular complexity index is 983. The standard InChI is InChI=1S/C20H19N3O4/c1-13(27-18-7-3-5-14-6-4-10-21-19(14)18)20(25)23-22-12-15-11-16(26-2)8-9-17(15)24/h3-13,24H,1-2H3,(H,23,25)/b22-12-/t13-/m0/s1. The predicted molar refractivity (Wildman–Crippen MR) is 102 cm³/mol. The highest BCUT2D eigenvalue weighted by Gasteiger charge is 2.15. The molecule has 1 atom stereocenters. The van der Waals surface area contributed by atoms with Crippen LogP contribution >= 0.6 is 0 Å². The first-order chi connectivity index (χ1) is 13.1. The van der Waals surface area contributed by atoms with E-state index in [0.717, 1.165) is 5.39 Å². The number of aromatic hydroxyl groups is 1. The number of aromatic nitrogens is 1. The molecule has 0 saturated heterocycles. The predicted octanol–water partition coefficient (Wildman–Crippen LogP) is 2.87. The van der Waals surface area contributed by atoms with Gasteiger partial charge in [0.2, 0.25) is 0 Å². The van der Waals surface area contributed by atoms with Crippen molar-refractivity contribution in [2.45, 2.75) is 13.0 Å². The minimum atomic E-state index is -0.784. The number of fused-ring (bicyclic) bond motifs is 1. The van der Waals surface area contributed by atoms with Crippen LogP contribution in [0.3, 0.4) is 0 Å². The highest BCUT2D eigenvalue weighted by atomic mass is 16.5. The van der Waals surface area contributed by atoms with E-state index < -0.39 is 12.0 Å². The Morgan fingerprint density at radius 1 is 1.26 bits per heavy atom. The summed E-state index contributed by atoms with van der Waals surface area (Å²) in [7, 11) is 1.52. The van der Waals surface area contributed by atoms with Crippen LogP contribution in [-0.4, -0.2) is 35.4 Å². The first-order valence-electron chi connectivity index (χ1n) is 8.29. The smallest absolute Gasteiger partial charge is 0.280 e. The molecular formula is C20H19N3O4. The van der Waals surface area contributed by atoms with Gasteiger partial charge < -0.3 is 14.6 Å². The fourth-order valence-corrected chi connectivity index (χ4v) is 2.43. The number of amides is 1. The zero-order valence-corrected chi connectivity index (χ0v) is 14.9. The lowest BCUT2D eigenvalue weighted by Gasteiger charge is -2.14. The molecule has 0 aliphatic rings. The normalized spacial score (nSPS) is 12.1. The number of phenols is 1. The van der Waals surface area contributed by atoms with Crippen molar-refractivity contribution in [3.63, 3.8) is 0 Å². The fourth-order valence-electron chi connectivity index (χ4n) is 2.43. The molecule has 2 aromatic carbocycles. The first-order valence-corrected chi connectivity index (χ1v) is 8.29. The molecule has 1 aromatic heterocycles. The number of carbonyl (C=O) groups excluding carboxylic acids is 1. The van der Waals surface area contributed by atoms with Crippen molar-refractivity contribution in [1.29, 1.82) is 0 Å². The summed E-state index contributed by atoms with van der Waals surface area (Å²) in [5.74, 6) is 0.687. The van der Waals surface area contributed by atoms with Gasteiger partial charge in [-0.2, -0.15) is 5.10 Å². The summed E-state index contributed by atoms with van der Waals surface area (Å²) in [5.41, 5.74) is 3.50. The summed E-state index contributed by atoms with van der Waals surface area (Å²) >= 11 is 0. The molecule has 0 aliphatic heterocycles. The zero-order valence-electron chi connectivity index (χ0n) is 14.9. The Labute approximate surface area is 156 Å². The van der Waals surface area contributed by atoms with E-state index in [0.29, 0.717) is 22.6 Å². The maximum Gasteiger partial charge on any atom is 0.280 e. The molecule has 7 nitrogen and oxygen atoms in total. The molecule has 0 fully saturated rings. The van der Waals surface area contributed by atoms with Gasteiger partial charge in [0, 0.05) is 17.1 Å². The Kier molecular flexibility index (Phi) is 5.51. The second-order valence-corrected chi connectivity index (χ2v) is 5.75. The number of nitrogens with one attached hydrogen (secondary N) is 1. The lowest BCUT2D eigenvalue weighted by molar-refractivity contribution is -0.127. The third-order valence-electron chi connectivity index (χ3n) is 3.88. The van der Waals surface area contributed by atoms with Crippen LogP contribution in [0.4, 0.5) is 0 Å². The van der Waals surface area contributed by atoms with Crippen molar-refractivity contribution < 1.29 is 19.4 Å². The fraction of sp³-hybridized carbons (Fsp3) is 0.150. The summed E-state index contributed by atoms with van der Waals surface area (Å²) in [6.07, 6.45) is 2.22. The van der Waals surface area contributed by atoms with Crippen LogP contribution in [0, 0.1) is 0 Å². The van der Waals surface area contributed by atoms with Gasteiger partial charge in [0.15, 0.2) is 6.10 Å². The number of phenolic OH excluding ortho intramolecular Hbond substituents is 1. The SMILES string of the molecule is COc1ccc(O)c(/C=N\NC(=O)[C@H](C)Oc2cccc3cccnc23)c1. The minimum absolute atomic E-state index is 0.0277. The lowest BCUT2D eigenvalue weighted by Crippen LogP contribution is -2.33. The van der Waals surface area contributed by atoms with Crippen LogP contribution in [0.25, 0.3) is 10.9 Å². The number of para-hydroxylation sites is 1. The van der Waals surface area contributed by atoms with Gasteiger partial charge in [-0.25, -0.2) is 5.43 Å². The number of hydrogen-bond acceptors (Lipinski definition) is 6. The molecule has 1 amide bonds. The number of ether oxygens (including phenoxy) is 2. The largest absolute Gasteiger partial charge is 0.507 e. The molecule has 7 heteroatoms. The number of rotatable bonds is 6. The van der Waals surface area contributed by atoms with Crippen molar-refractivity contribution >= 4 is 23.0 Å². The number of nitrogens with zero attached hydrogens (tertiary/aromatic N) is 2. The minimum Gasteiger partial charge on any atom is -0.507 e. The number of hydrazone groups is 1. The second kappa shape index (κ2) is 8.18. The molecule has 0 aliphatic carbocycles. The van der Waals surface area contributed by atoms with Crippen LogP contribution in [0.2, 0.25) is 0 Å². The molecule has 0 unspecified atom stereocenters. The van der Waals surface area contributed by atoms with Crippen molar-refractivity contribution in [2.75, 3.05) is 7.11 Å². The maximum atomic E-state index is 12.2. The van der Waals surface area contributed by atoms with Gasteiger partial charge in [-0.15, -0.1) is 0 Å². The molecule has 3 rings (SSSR count). The Morgan fingerprint density at radius 2 is 2.07 bits per heavy atom. The third-order valence-corrected chi connectivity index (χ3v) is 3.88. The Hall–Kier alpha value is -3.61. The van der Waals surface area contributed by atoms with Gasteiger partial charge in [-0.1, -0.05) is 18.2 Å². The van der Waals surface area contributed by atoms with Crippen molar-refractivity contribution in [2.24, 2.45) is 5.10 Å². The summed E-state index contributed by atoms with van der Waals surface area (Å²) in [6, 6.07) is 14.0. The van der Waals surface area contributed by atoms with Crippen molar-refractivity contribution in [3.05, 3.63) is 60.3 Å². The molecule has 0 spiro atoms. The van der Waals surface area contributed by atoms with Gasteiger partial charge in [-0.3, -0.25) is 9.78 Å². The van der Waals surface area contributed by atoms with Crippen LogP contribution in [-0.2, 0) is 4.79 Å². The first kappa shape index (κ1) is 18.2. The van der Waals surface area contributed by atoms with Crippen LogP contribution < -0.4 is 14.9 Å². The van der Waals surface area contributed by atoms with E-state index in [2.05, 4.69) is 15.5 Å². The van der Waals surface area contributed by atoms with Crippen LogP contribution in [0.5, 0.6) is 17.2 Å². The van der Waals surface area contributed by atoms with E-state index in [-0.39, 0.29) is 5.75 Å². The summed E-state index contributed by atoms with van der Waals surface area (Å²) in [6.45, 7) is 1.62. The van der Waals surface area contributed by atoms with Gasteiger partial charge in [-0.05, 0) is 37.3 Å². The Balaban J connectivity index is 1.66. The number of benzene rings is 2. The average molecular weight is 365 g/mol. The van der Waals surface area contributed by atoms with Gasteiger partial charge >= 0.3 is 0 Å². The quantitative estimate of drug-likeness (QED) is 0.518. The van der Waals surface area contributed by atoms with Gasteiger partial charge in [0.1, 0.15) is 22.8 Å². The van der Waals surface area contributed by atoms with Crippen molar-refractivity contribution in [1.82, 2.24) is 10.4 Å². The summed E-state index contributed by atoms with van der Waals surface area (Å²) in [5, 5.41) is 14.6. The van der Waals surface area contributed by atoms with E-state index in [4.69, 9.17) is 9.47 Å². The third kappa shape index (κ3) is 4.33. The number of carbonyl (C=O) groups is 1. The van der Waals surface area contributed by atoms with Gasteiger partial charge in [0.05, 0.1) is 13.3 Å². The average Bonchev–Trinajstić information content (AvgIpc) is 2.69. The highest BCUT2D eigenvalue weighted by molar-refractivity contribution is 5.87. The Morgan fingerprint density at radius 3 is 2.89 bits per heavy atom. The molecule has 0 bridgehead atoms. The van der Waals surface area contributed by atoms with E-state index in [1.54, 1.807) is 31.3 Å². The molecule has 0 radical (unpaired) electrons. The van der Waals surface area contributed by atoms with E-state index in [9.17, 15) is 9.90 Å².